The molecular weight excluding hydrogens is 368 g/mol. The van der Waals surface area contributed by atoms with Crippen LogP contribution < -0.4 is 10.9 Å². The van der Waals surface area contributed by atoms with E-state index in [2.05, 4.69) is 48.6 Å². The van der Waals surface area contributed by atoms with Gasteiger partial charge in [0.1, 0.15) is 4.87 Å². The summed E-state index contributed by atoms with van der Waals surface area (Å²) in [6.07, 6.45) is 19.1. The summed E-state index contributed by atoms with van der Waals surface area (Å²) in [5, 5.41) is 0. The number of ether oxygens (including phenoxy) is 2. The van der Waals surface area contributed by atoms with Crippen LogP contribution in [-0.4, -0.2) is 28.7 Å². The quantitative estimate of drug-likeness (QED) is 0.592. The number of rotatable bonds is 1. The third kappa shape index (κ3) is 3.82. The van der Waals surface area contributed by atoms with E-state index >= 15 is 0 Å². The van der Waals surface area contributed by atoms with Crippen LogP contribution in [0.2, 0.25) is 0 Å². The Labute approximate surface area is 174 Å². The summed E-state index contributed by atoms with van der Waals surface area (Å²) in [5.41, 5.74) is 7.55. The van der Waals surface area contributed by atoms with Crippen molar-refractivity contribution in [2.45, 2.75) is 100 Å². The molecule has 2 N–H and O–H groups in total. The number of hydrogen-bond donors (Lipinski definition) is 2. The van der Waals surface area contributed by atoms with Crippen molar-refractivity contribution in [3.8, 4) is 0 Å². The van der Waals surface area contributed by atoms with Gasteiger partial charge in [0.2, 0.25) is 0 Å². The molecule has 5 heteroatoms. The van der Waals surface area contributed by atoms with Gasteiger partial charge in [-0.25, -0.2) is 10.9 Å². The number of nitrogens with one attached hydrogen (secondary N) is 2. The molecule has 4 fully saturated rings. The Morgan fingerprint density at radius 3 is 2.29 bits per heavy atom. The van der Waals surface area contributed by atoms with Crippen LogP contribution in [0.15, 0.2) is 12.2 Å². The highest BCUT2D eigenvalue weighted by Crippen LogP contribution is 2.55. The van der Waals surface area contributed by atoms with Crippen molar-refractivity contribution < 1.29 is 9.47 Å². The van der Waals surface area contributed by atoms with E-state index < -0.39 is 5.79 Å². The summed E-state index contributed by atoms with van der Waals surface area (Å²) < 4.78 is 12.7. The van der Waals surface area contributed by atoms with Gasteiger partial charge in [0.25, 0.3) is 0 Å². The van der Waals surface area contributed by atoms with Gasteiger partial charge in [-0.1, -0.05) is 58.1 Å². The van der Waals surface area contributed by atoms with Crippen LogP contribution in [0.3, 0.4) is 0 Å². The SMILES string of the molecule is CC1(C)COC2(CC=CC3(C2)NNC2(CCC(C4CCCCC4)CC2)S3)OC1. The Morgan fingerprint density at radius 2 is 1.57 bits per heavy atom. The molecule has 158 valence electrons. The van der Waals surface area contributed by atoms with Gasteiger partial charge in [-0.15, -0.1) is 11.8 Å². The van der Waals surface area contributed by atoms with E-state index in [-0.39, 0.29) is 15.2 Å². The first-order valence-corrected chi connectivity index (χ1v) is 12.4. The maximum Gasteiger partial charge on any atom is 0.174 e. The van der Waals surface area contributed by atoms with E-state index in [4.69, 9.17) is 9.47 Å². The molecule has 1 unspecified atom stereocenters. The lowest BCUT2D eigenvalue weighted by Gasteiger charge is -2.48. The first kappa shape index (κ1) is 19.9. The molecule has 2 saturated heterocycles. The molecule has 2 aliphatic heterocycles. The Balaban J connectivity index is 1.22. The zero-order valence-corrected chi connectivity index (χ0v) is 18.5. The molecule has 0 radical (unpaired) electrons. The van der Waals surface area contributed by atoms with Gasteiger partial charge < -0.3 is 9.47 Å². The Morgan fingerprint density at radius 1 is 0.893 bits per heavy atom. The summed E-state index contributed by atoms with van der Waals surface area (Å²) in [6, 6.07) is 0. The number of thioether (sulfide) groups is 1. The molecule has 0 aromatic rings. The highest BCUT2D eigenvalue weighted by Gasteiger charge is 2.55. The molecule has 0 bridgehead atoms. The van der Waals surface area contributed by atoms with E-state index in [1.807, 2.05) is 0 Å². The summed E-state index contributed by atoms with van der Waals surface area (Å²) in [7, 11) is 0. The molecule has 0 amide bonds. The van der Waals surface area contributed by atoms with Crippen molar-refractivity contribution in [1.29, 1.82) is 0 Å². The minimum atomic E-state index is -0.448. The molecule has 0 aromatic carbocycles. The smallest absolute Gasteiger partial charge is 0.174 e. The van der Waals surface area contributed by atoms with E-state index in [1.54, 1.807) is 0 Å². The fourth-order valence-corrected chi connectivity index (χ4v) is 7.90. The Hall–Kier alpha value is -0.0700. The Kier molecular flexibility index (Phi) is 5.15. The zero-order valence-electron chi connectivity index (χ0n) is 17.7. The monoisotopic (exact) mass is 406 g/mol. The minimum Gasteiger partial charge on any atom is -0.349 e. The van der Waals surface area contributed by atoms with Gasteiger partial charge >= 0.3 is 0 Å². The van der Waals surface area contributed by atoms with Gasteiger partial charge in [0, 0.05) is 18.3 Å². The molecule has 2 saturated carbocycles. The van der Waals surface area contributed by atoms with E-state index in [0.717, 1.165) is 37.9 Å². The fourth-order valence-electron chi connectivity index (χ4n) is 6.10. The first-order valence-electron chi connectivity index (χ1n) is 11.6. The van der Waals surface area contributed by atoms with Crippen LogP contribution >= 0.6 is 11.8 Å². The molecule has 28 heavy (non-hydrogen) atoms. The lowest BCUT2D eigenvalue weighted by molar-refractivity contribution is -0.303. The third-order valence-electron chi connectivity index (χ3n) is 7.83. The van der Waals surface area contributed by atoms with Crippen LogP contribution in [0, 0.1) is 17.3 Å². The van der Waals surface area contributed by atoms with Crippen molar-refractivity contribution in [2.24, 2.45) is 17.3 Å². The van der Waals surface area contributed by atoms with Crippen molar-refractivity contribution in [3.63, 3.8) is 0 Å². The van der Waals surface area contributed by atoms with Crippen LogP contribution in [0.4, 0.5) is 0 Å². The molecular formula is C23H38N2O2S. The van der Waals surface area contributed by atoms with E-state index in [0.29, 0.717) is 0 Å². The zero-order chi connectivity index (χ0) is 19.3. The van der Waals surface area contributed by atoms with Crippen molar-refractivity contribution in [3.05, 3.63) is 12.2 Å². The van der Waals surface area contributed by atoms with Gasteiger partial charge in [-0.2, -0.15) is 0 Å². The van der Waals surface area contributed by atoms with Gasteiger partial charge in [-0.05, 0) is 37.5 Å². The number of hydrazine groups is 1. The maximum atomic E-state index is 6.33. The third-order valence-corrected chi connectivity index (χ3v) is 9.48. The van der Waals surface area contributed by atoms with Gasteiger partial charge in [-0.3, -0.25) is 0 Å². The lowest BCUT2D eigenvalue weighted by Crippen LogP contribution is -2.56. The minimum absolute atomic E-state index is 0.0998. The van der Waals surface area contributed by atoms with Crippen molar-refractivity contribution in [2.75, 3.05) is 13.2 Å². The number of hydrogen-bond acceptors (Lipinski definition) is 5. The average Bonchev–Trinajstić information content (AvgIpc) is 3.03. The summed E-state index contributed by atoms with van der Waals surface area (Å²) in [6.45, 7) is 6.00. The predicted octanol–water partition coefficient (Wildman–Crippen LogP) is 5.11. The Bertz CT molecular complexity index is 598. The molecule has 5 aliphatic rings. The van der Waals surface area contributed by atoms with Crippen molar-refractivity contribution in [1.82, 2.24) is 10.9 Å². The molecule has 4 nitrogen and oxygen atoms in total. The highest BCUT2D eigenvalue weighted by atomic mass is 32.2. The standard InChI is InChI=1S/C23H38N2O2S/c1-20(2)16-26-23(27-17-20)12-6-11-22(15-23)25-24-21(28-22)13-9-19(10-14-21)18-7-4-3-5-8-18/h6,11,18-19,24-25H,3-5,7-10,12-17H2,1-2H3. The van der Waals surface area contributed by atoms with Crippen LogP contribution in [-0.2, 0) is 9.47 Å². The second-order valence-corrected chi connectivity index (χ2v) is 12.6. The second-order valence-electron chi connectivity index (χ2n) is 10.9. The molecule has 0 aromatic heterocycles. The van der Waals surface area contributed by atoms with E-state index in [1.165, 1.54) is 57.8 Å². The fraction of sp³-hybridized carbons (Fsp3) is 0.913. The molecule has 2 heterocycles. The van der Waals surface area contributed by atoms with Crippen molar-refractivity contribution >= 4 is 11.8 Å². The van der Waals surface area contributed by atoms with E-state index in [9.17, 15) is 0 Å². The van der Waals surface area contributed by atoms with Gasteiger partial charge in [0.15, 0.2) is 5.79 Å². The molecule has 5 rings (SSSR count). The normalized spacial score (nSPS) is 37.8. The topological polar surface area (TPSA) is 42.5 Å². The van der Waals surface area contributed by atoms with Crippen LogP contribution in [0.5, 0.6) is 0 Å². The van der Waals surface area contributed by atoms with Crippen LogP contribution in [0.25, 0.3) is 0 Å². The predicted molar refractivity (Wildman–Crippen MR) is 115 cm³/mol. The molecule has 3 spiro atoms. The average molecular weight is 407 g/mol. The summed E-state index contributed by atoms with van der Waals surface area (Å²) in [5.74, 6) is 1.52. The van der Waals surface area contributed by atoms with Crippen LogP contribution in [0.1, 0.15) is 84.5 Å². The lowest BCUT2D eigenvalue weighted by atomic mass is 9.72. The second kappa shape index (κ2) is 7.26. The maximum absolute atomic E-state index is 6.33. The summed E-state index contributed by atoms with van der Waals surface area (Å²) >= 11 is 2.10. The molecule has 3 aliphatic carbocycles. The van der Waals surface area contributed by atoms with Gasteiger partial charge in [0.05, 0.1) is 18.1 Å². The largest absolute Gasteiger partial charge is 0.349 e. The summed E-state index contributed by atoms with van der Waals surface area (Å²) in [4.78, 5) is 0.0827. The molecule has 1 atom stereocenters. The first-order chi connectivity index (χ1) is 13.4. The highest BCUT2D eigenvalue weighted by molar-refractivity contribution is 8.02.